The smallest absolute Gasteiger partial charge is 0.243 e. The summed E-state index contributed by atoms with van der Waals surface area (Å²) >= 11 is 0. The third-order valence-electron chi connectivity index (χ3n) is 8.66. The Labute approximate surface area is 206 Å². The molecule has 188 valence electrons. The Morgan fingerprint density at radius 2 is 1.86 bits per heavy atom. The summed E-state index contributed by atoms with van der Waals surface area (Å²) in [6, 6.07) is 8.49. The second-order valence-corrected chi connectivity index (χ2v) is 12.9. The molecule has 5 unspecified atom stereocenters. The first-order chi connectivity index (χ1) is 16.5. The summed E-state index contributed by atoms with van der Waals surface area (Å²) in [6.07, 6.45) is 6.56. The number of rotatable bonds is 6. The normalized spacial score (nSPS) is 31.9. The predicted octanol–water partition coefficient (Wildman–Crippen LogP) is 2.87. The number of primary amides is 1. The van der Waals surface area contributed by atoms with Gasteiger partial charge in [0.2, 0.25) is 21.8 Å². The van der Waals surface area contributed by atoms with Gasteiger partial charge in [0.15, 0.2) is 0 Å². The van der Waals surface area contributed by atoms with Crippen LogP contribution in [0.5, 0.6) is 0 Å². The highest BCUT2D eigenvalue weighted by Crippen LogP contribution is 2.50. The average Bonchev–Trinajstić information content (AvgIpc) is 2.78. The SMILES string of the molecule is CC1CC2CC(CC(C)(C(N)=O)C2)C1NC(=O)C1(NS(=O)(=O)c2cccc3cccnc23)CCC1. The lowest BCUT2D eigenvalue weighted by atomic mass is 9.57. The van der Waals surface area contributed by atoms with Crippen LogP contribution in [-0.2, 0) is 19.6 Å². The molecule has 0 aliphatic heterocycles. The van der Waals surface area contributed by atoms with Crippen LogP contribution < -0.4 is 15.8 Å². The molecule has 35 heavy (non-hydrogen) atoms. The van der Waals surface area contributed by atoms with E-state index >= 15 is 0 Å². The van der Waals surface area contributed by atoms with E-state index < -0.39 is 21.0 Å². The average molecular weight is 499 g/mol. The molecule has 5 atom stereocenters. The predicted molar refractivity (Wildman–Crippen MR) is 132 cm³/mol. The Kier molecular flexibility index (Phi) is 5.91. The van der Waals surface area contributed by atoms with E-state index in [2.05, 4.69) is 21.9 Å². The number of carbonyl (C=O) groups is 2. The summed E-state index contributed by atoms with van der Waals surface area (Å²) in [5, 5.41) is 3.95. The number of nitrogens with one attached hydrogen (secondary N) is 2. The molecule has 0 spiro atoms. The van der Waals surface area contributed by atoms with Gasteiger partial charge in [-0.3, -0.25) is 14.6 Å². The number of nitrogens with zero attached hydrogens (tertiary/aromatic N) is 1. The molecule has 1 aromatic heterocycles. The molecule has 0 radical (unpaired) electrons. The van der Waals surface area contributed by atoms with Gasteiger partial charge in [0.1, 0.15) is 10.4 Å². The standard InChI is InChI=1S/C26H34N4O4S/c1-16-12-17-13-19(15-25(2,14-17)23(27)31)21(16)29-24(32)26(9-5-10-26)30-35(33,34)20-8-3-6-18-7-4-11-28-22(18)20/h3-4,6-8,11,16-17,19,21,30H,5,9-10,12-15H2,1-2H3,(H2,27,31)(H,29,32). The quantitative estimate of drug-likeness (QED) is 0.564. The number of hydrogen-bond acceptors (Lipinski definition) is 5. The van der Waals surface area contributed by atoms with Gasteiger partial charge in [0.25, 0.3) is 0 Å². The minimum atomic E-state index is -3.99. The van der Waals surface area contributed by atoms with Crippen molar-refractivity contribution < 1.29 is 18.0 Å². The van der Waals surface area contributed by atoms with Crippen molar-refractivity contribution in [2.45, 2.75) is 75.3 Å². The lowest BCUT2D eigenvalue weighted by Gasteiger charge is -2.51. The van der Waals surface area contributed by atoms with Gasteiger partial charge in [-0.15, -0.1) is 0 Å². The van der Waals surface area contributed by atoms with Crippen molar-refractivity contribution in [3.8, 4) is 0 Å². The number of fused-ring (bicyclic) bond motifs is 3. The molecule has 2 aromatic rings. The van der Waals surface area contributed by atoms with E-state index in [0.717, 1.165) is 31.1 Å². The first-order valence-corrected chi connectivity index (χ1v) is 14.0. The van der Waals surface area contributed by atoms with Crippen molar-refractivity contribution in [1.29, 1.82) is 0 Å². The van der Waals surface area contributed by atoms with Gasteiger partial charge in [-0.1, -0.05) is 32.0 Å². The number of aromatic nitrogens is 1. The number of benzene rings is 1. The second-order valence-electron chi connectivity index (χ2n) is 11.3. The van der Waals surface area contributed by atoms with Crippen molar-refractivity contribution in [2.24, 2.45) is 28.9 Å². The molecule has 3 aliphatic carbocycles. The summed E-state index contributed by atoms with van der Waals surface area (Å²) in [5.74, 6) is 0.261. The summed E-state index contributed by atoms with van der Waals surface area (Å²) in [6.45, 7) is 4.07. The van der Waals surface area contributed by atoms with E-state index in [9.17, 15) is 18.0 Å². The largest absolute Gasteiger partial charge is 0.369 e. The molecule has 8 nitrogen and oxygen atoms in total. The fraction of sp³-hybridized carbons (Fsp3) is 0.577. The molecule has 3 saturated carbocycles. The highest BCUT2D eigenvalue weighted by molar-refractivity contribution is 7.89. The summed E-state index contributed by atoms with van der Waals surface area (Å²) < 4.78 is 29.7. The van der Waals surface area contributed by atoms with E-state index in [1.165, 1.54) is 6.07 Å². The highest BCUT2D eigenvalue weighted by atomic mass is 32.2. The van der Waals surface area contributed by atoms with E-state index in [0.29, 0.717) is 30.7 Å². The van der Waals surface area contributed by atoms with Gasteiger partial charge >= 0.3 is 0 Å². The molecule has 3 aliphatic rings. The molecule has 9 heteroatoms. The van der Waals surface area contributed by atoms with Crippen molar-refractivity contribution >= 4 is 32.7 Å². The number of sulfonamides is 1. The van der Waals surface area contributed by atoms with Crippen LogP contribution >= 0.6 is 0 Å². The number of para-hydroxylation sites is 1. The van der Waals surface area contributed by atoms with Gasteiger partial charge in [-0.25, -0.2) is 8.42 Å². The van der Waals surface area contributed by atoms with Crippen LogP contribution in [0.2, 0.25) is 0 Å². The summed E-state index contributed by atoms with van der Waals surface area (Å²) in [4.78, 5) is 30.2. The first-order valence-electron chi connectivity index (χ1n) is 12.5. The zero-order chi connectivity index (χ0) is 25.0. The molecule has 0 saturated heterocycles. The maximum absolute atomic E-state index is 13.6. The Balaban J connectivity index is 1.38. The van der Waals surface area contributed by atoms with Crippen molar-refractivity contribution in [1.82, 2.24) is 15.0 Å². The second kappa shape index (κ2) is 8.55. The zero-order valence-electron chi connectivity index (χ0n) is 20.3. The molecule has 1 heterocycles. The molecule has 2 bridgehead atoms. The third kappa shape index (κ3) is 4.22. The maximum atomic E-state index is 13.6. The van der Waals surface area contributed by atoms with Crippen LogP contribution in [0.3, 0.4) is 0 Å². The van der Waals surface area contributed by atoms with Crippen LogP contribution in [0.15, 0.2) is 41.4 Å². The minimum Gasteiger partial charge on any atom is -0.369 e. The molecule has 2 amide bonds. The fourth-order valence-electron chi connectivity index (χ4n) is 6.75. The number of carbonyl (C=O) groups excluding carboxylic acids is 2. The molecule has 5 rings (SSSR count). The molecule has 1 aromatic carbocycles. The number of nitrogens with two attached hydrogens (primary N) is 1. The van der Waals surface area contributed by atoms with Crippen molar-refractivity contribution in [3.63, 3.8) is 0 Å². The molecule has 3 fully saturated rings. The monoisotopic (exact) mass is 498 g/mol. The van der Waals surface area contributed by atoms with E-state index in [-0.39, 0.29) is 34.6 Å². The van der Waals surface area contributed by atoms with Gasteiger partial charge in [0, 0.05) is 23.0 Å². The van der Waals surface area contributed by atoms with Gasteiger partial charge in [-0.05, 0) is 74.8 Å². The number of hydrogen-bond donors (Lipinski definition) is 3. The number of pyridine rings is 1. The Bertz CT molecular complexity index is 1270. The van der Waals surface area contributed by atoms with Crippen LogP contribution in [-0.4, -0.2) is 36.8 Å². The van der Waals surface area contributed by atoms with Crippen LogP contribution in [0.1, 0.15) is 58.8 Å². The van der Waals surface area contributed by atoms with Crippen molar-refractivity contribution in [3.05, 3.63) is 36.5 Å². The first kappa shape index (κ1) is 24.2. The Morgan fingerprint density at radius 1 is 1.11 bits per heavy atom. The minimum absolute atomic E-state index is 0.0769. The van der Waals surface area contributed by atoms with E-state index in [1.807, 2.05) is 19.1 Å². The van der Waals surface area contributed by atoms with E-state index in [1.54, 1.807) is 18.3 Å². The highest BCUT2D eigenvalue weighted by Gasteiger charge is 2.52. The van der Waals surface area contributed by atoms with Gasteiger partial charge in [-0.2, -0.15) is 4.72 Å². The lowest BCUT2D eigenvalue weighted by Crippen LogP contribution is -2.66. The van der Waals surface area contributed by atoms with Gasteiger partial charge in [0.05, 0.1) is 5.52 Å². The maximum Gasteiger partial charge on any atom is 0.243 e. The van der Waals surface area contributed by atoms with Gasteiger partial charge < -0.3 is 11.1 Å². The van der Waals surface area contributed by atoms with E-state index in [4.69, 9.17) is 5.73 Å². The summed E-state index contributed by atoms with van der Waals surface area (Å²) in [7, 11) is -3.99. The molecular formula is C26H34N4O4S. The topological polar surface area (TPSA) is 131 Å². The zero-order valence-corrected chi connectivity index (χ0v) is 21.1. The van der Waals surface area contributed by atoms with Crippen LogP contribution in [0, 0.1) is 23.2 Å². The number of amides is 2. The third-order valence-corrected chi connectivity index (χ3v) is 10.2. The Hall–Kier alpha value is -2.52. The summed E-state index contributed by atoms with van der Waals surface area (Å²) in [5.41, 5.74) is 4.39. The molecule has 4 N–H and O–H groups in total. The Morgan fingerprint density at radius 3 is 2.54 bits per heavy atom. The van der Waals surface area contributed by atoms with Crippen LogP contribution in [0.4, 0.5) is 0 Å². The fourth-order valence-corrected chi connectivity index (χ4v) is 8.35. The van der Waals surface area contributed by atoms with Crippen LogP contribution in [0.25, 0.3) is 10.9 Å². The molecular weight excluding hydrogens is 464 g/mol. The van der Waals surface area contributed by atoms with Crippen molar-refractivity contribution in [2.75, 3.05) is 0 Å². The lowest BCUT2D eigenvalue weighted by molar-refractivity contribution is -0.135.